The number of carbonyl (C=O) groups excluding carboxylic acids is 1. The van der Waals surface area contributed by atoms with E-state index in [4.69, 9.17) is 16.6 Å². The molecular weight excluding hydrogens is 657 g/mol. The number of rotatable bonds is 6. The molecule has 5 aromatic rings. The number of pyridine rings is 1. The monoisotopic (exact) mass is 691 g/mol. The number of nitrogens with one attached hydrogen (secondary N) is 1. The summed E-state index contributed by atoms with van der Waals surface area (Å²) < 4.78 is 19.4. The standard InChI is InChI=1S/C36H35ClFN11O/c1-6-7-29(50)48-11-9-22(12-21(48)8-10-39)49-35-25-13-24(19(2)15-40)31(30-20(3)27(37)14-28-26(30)16-41-43-28)32(38)33(25)42-36(34(35)44-45-49)47-17-23(18-47)46(4)5/h13-14,16,19,21-23H,8-9,11-12,17-18H2,1-5H3,(H,41,43)/t19?,21-,22+/m1/s1. The van der Waals surface area contributed by atoms with Crippen LogP contribution in [0, 0.1) is 47.2 Å². The van der Waals surface area contributed by atoms with Crippen LogP contribution in [0.25, 0.3) is 44.0 Å². The van der Waals surface area contributed by atoms with Crippen LogP contribution in [0.2, 0.25) is 5.02 Å². The molecule has 0 saturated carbocycles. The molecule has 3 aromatic heterocycles. The van der Waals surface area contributed by atoms with Crippen molar-refractivity contribution in [3.8, 4) is 35.1 Å². The summed E-state index contributed by atoms with van der Waals surface area (Å²) in [6.45, 7) is 6.92. The number of aromatic amines is 1. The van der Waals surface area contributed by atoms with E-state index in [-0.39, 0.29) is 35.5 Å². The van der Waals surface area contributed by atoms with Crippen LogP contribution in [0.4, 0.5) is 10.2 Å². The van der Waals surface area contributed by atoms with Gasteiger partial charge in [0.2, 0.25) is 0 Å². The molecule has 2 fully saturated rings. The largest absolute Gasteiger partial charge is 0.351 e. The number of halogens is 2. The van der Waals surface area contributed by atoms with Crippen LogP contribution in [-0.2, 0) is 4.79 Å². The molecule has 50 heavy (non-hydrogen) atoms. The number of carbonyl (C=O) groups is 1. The maximum absolute atomic E-state index is 17.6. The van der Waals surface area contributed by atoms with E-state index in [0.29, 0.717) is 93.4 Å². The number of likely N-dealkylation sites (N-methyl/N-ethyl adjacent to an activating group) is 1. The summed E-state index contributed by atoms with van der Waals surface area (Å²) in [4.78, 5) is 23.7. The molecule has 1 amide bonds. The molecule has 3 atom stereocenters. The van der Waals surface area contributed by atoms with Crippen LogP contribution >= 0.6 is 11.6 Å². The third-order valence-electron chi connectivity index (χ3n) is 10.2. The van der Waals surface area contributed by atoms with Gasteiger partial charge in [0.25, 0.3) is 5.91 Å². The number of benzene rings is 2. The summed E-state index contributed by atoms with van der Waals surface area (Å²) in [6, 6.07) is 7.80. The molecule has 0 bridgehead atoms. The maximum Gasteiger partial charge on any atom is 0.298 e. The fourth-order valence-corrected chi connectivity index (χ4v) is 7.58. The third kappa shape index (κ3) is 5.27. The average molecular weight is 692 g/mol. The molecule has 2 saturated heterocycles. The van der Waals surface area contributed by atoms with Crippen molar-refractivity contribution in [1.29, 1.82) is 10.5 Å². The number of hydrogen-bond acceptors (Lipinski definition) is 9. The highest BCUT2D eigenvalue weighted by Gasteiger charge is 2.37. The molecule has 0 aliphatic carbocycles. The van der Waals surface area contributed by atoms with Crippen LogP contribution in [0.5, 0.6) is 0 Å². The van der Waals surface area contributed by atoms with Gasteiger partial charge in [-0.25, -0.2) is 14.1 Å². The summed E-state index contributed by atoms with van der Waals surface area (Å²) in [7, 11) is 4.05. The highest BCUT2D eigenvalue weighted by atomic mass is 35.5. The smallest absolute Gasteiger partial charge is 0.298 e. The number of piperidine rings is 1. The lowest BCUT2D eigenvalue weighted by Crippen LogP contribution is -2.57. The molecule has 254 valence electrons. The van der Waals surface area contributed by atoms with Gasteiger partial charge in [-0.1, -0.05) is 22.7 Å². The van der Waals surface area contributed by atoms with Crippen molar-refractivity contribution in [3.05, 3.63) is 40.3 Å². The lowest BCUT2D eigenvalue weighted by atomic mass is 9.86. The lowest BCUT2D eigenvalue weighted by Gasteiger charge is -2.43. The zero-order valence-electron chi connectivity index (χ0n) is 28.4. The molecule has 5 heterocycles. The molecule has 2 aromatic carbocycles. The molecular formula is C36H35ClFN11O. The second-order valence-corrected chi connectivity index (χ2v) is 13.8. The van der Waals surface area contributed by atoms with Crippen LogP contribution in [0.15, 0.2) is 18.3 Å². The topological polar surface area (TPSA) is 147 Å². The number of hydrogen-bond donors (Lipinski definition) is 1. The second-order valence-electron chi connectivity index (χ2n) is 13.3. The molecule has 12 nitrogen and oxygen atoms in total. The van der Waals surface area contributed by atoms with Gasteiger partial charge in [0.1, 0.15) is 11.0 Å². The molecule has 2 aliphatic heterocycles. The first-order chi connectivity index (χ1) is 24.1. The first-order valence-corrected chi connectivity index (χ1v) is 16.9. The third-order valence-corrected chi connectivity index (χ3v) is 10.6. The Morgan fingerprint density at radius 3 is 2.68 bits per heavy atom. The first-order valence-electron chi connectivity index (χ1n) is 16.5. The first kappa shape index (κ1) is 33.2. The van der Waals surface area contributed by atoms with Crippen molar-refractivity contribution >= 4 is 56.2 Å². The Balaban J connectivity index is 1.49. The highest BCUT2D eigenvalue weighted by molar-refractivity contribution is 6.33. The van der Waals surface area contributed by atoms with E-state index >= 15 is 4.39 Å². The van der Waals surface area contributed by atoms with E-state index in [1.807, 2.05) is 31.8 Å². The lowest BCUT2D eigenvalue weighted by molar-refractivity contribution is -0.129. The molecule has 0 radical (unpaired) electrons. The maximum atomic E-state index is 17.6. The summed E-state index contributed by atoms with van der Waals surface area (Å²) in [5.74, 6) is 4.21. The zero-order valence-corrected chi connectivity index (χ0v) is 29.2. The molecule has 0 spiro atoms. The van der Waals surface area contributed by atoms with E-state index in [1.54, 1.807) is 31.0 Å². The molecule has 7 rings (SSSR count). The van der Waals surface area contributed by atoms with E-state index in [0.717, 1.165) is 0 Å². The Morgan fingerprint density at radius 1 is 1.20 bits per heavy atom. The molecule has 1 unspecified atom stereocenters. The normalized spacial score (nSPS) is 18.6. The van der Waals surface area contributed by atoms with Crippen molar-refractivity contribution in [1.82, 2.24) is 40.0 Å². The van der Waals surface area contributed by atoms with E-state index in [1.165, 1.54) is 0 Å². The summed E-state index contributed by atoms with van der Waals surface area (Å²) >= 11 is 6.69. The number of nitriles is 2. The minimum atomic E-state index is -0.701. The van der Waals surface area contributed by atoms with Crippen LogP contribution in [0.3, 0.4) is 0 Å². The van der Waals surface area contributed by atoms with Crippen molar-refractivity contribution in [2.24, 2.45) is 0 Å². The Bertz CT molecular complexity index is 2330. The van der Waals surface area contributed by atoms with Gasteiger partial charge in [-0.2, -0.15) is 15.6 Å². The summed E-state index contributed by atoms with van der Waals surface area (Å²) in [6.07, 6.45) is 2.75. The van der Waals surface area contributed by atoms with Gasteiger partial charge in [0.05, 0.1) is 42.2 Å². The minimum Gasteiger partial charge on any atom is -0.351 e. The Kier molecular flexibility index (Phi) is 8.55. The van der Waals surface area contributed by atoms with Crippen LogP contribution in [-0.4, -0.2) is 91.7 Å². The van der Waals surface area contributed by atoms with Crippen molar-refractivity contribution < 1.29 is 9.18 Å². The van der Waals surface area contributed by atoms with Gasteiger partial charge in [0.15, 0.2) is 17.2 Å². The number of fused-ring (bicyclic) bond motifs is 4. The minimum absolute atomic E-state index is 0.128. The van der Waals surface area contributed by atoms with Gasteiger partial charge in [-0.15, -0.1) is 5.10 Å². The zero-order chi connectivity index (χ0) is 35.4. The predicted octanol–water partition coefficient (Wildman–Crippen LogP) is 5.47. The SMILES string of the molecule is CC#CC(=O)N1CC[C@H](n2nnc3c(N4CC(N(C)C)C4)nc4c(F)c(-c5c(C)c(Cl)cc6[nH]ncc56)c(C(C)C#N)cc4c32)C[C@H]1CC#N. The van der Waals surface area contributed by atoms with Gasteiger partial charge >= 0.3 is 0 Å². The van der Waals surface area contributed by atoms with E-state index in [2.05, 4.69) is 54.3 Å². The number of aromatic nitrogens is 6. The van der Waals surface area contributed by atoms with E-state index < -0.39 is 11.7 Å². The van der Waals surface area contributed by atoms with Gasteiger partial charge < -0.3 is 14.7 Å². The quantitative estimate of drug-likeness (QED) is 0.229. The van der Waals surface area contributed by atoms with Crippen LogP contribution in [0.1, 0.15) is 56.2 Å². The Hall–Kier alpha value is -5.29. The van der Waals surface area contributed by atoms with Gasteiger partial charge in [0, 0.05) is 58.6 Å². The number of anilines is 1. The number of amides is 1. The highest BCUT2D eigenvalue weighted by Crippen LogP contribution is 2.45. The fraction of sp³-hybridized carbons (Fsp3) is 0.417. The number of likely N-dealkylation sites (tertiary alicyclic amines) is 1. The molecule has 14 heteroatoms. The number of nitrogens with zero attached hydrogens (tertiary/aromatic N) is 10. The predicted molar refractivity (Wildman–Crippen MR) is 189 cm³/mol. The van der Waals surface area contributed by atoms with Gasteiger partial charge in [-0.3, -0.25) is 9.89 Å². The van der Waals surface area contributed by atoms with Crippen molar-refractivity contribution in [2.45, 2.75) is 64.1 Å². The summed E-state index contributed by atoms with van der Waals surface area (Å²) in [5.41, 5.74) is 3.84. The summed E-state index contributed by atoms with van der Waals surface area (Å²) in [5, 5.41) is 37.9. The average Bonchev–Trinajstić information content (AvgIpc) is 3.73. The fourth-order valence-electron chi connectivity index (χ4n) is 7.38. The van der Waals surface area contributed by atoms with Crippen LogP contribution < -0.4 is 4.90 Å². The molecule has 1 N–H and O–H groups in total. The van der Waals surface area contributed by atoms with Gasteiger partial charge in [-0.05, 0) is 76.9 Å². The Morgan fingerprint density at radius 2 is 1.98 bits per heavy atom. The Labute approximate surface area is 293 Å². The number of H-pyrrole nitrogens is 1. The van der Waals surface area contributed by atoms with Crippen molar-refractivity contribution in [2.75, 3.05) is 38.6 Å². The van der Waals surface area contributed by atoms with E-state index in [9.17, 15) is 15.3 Å². The molecule has 2 aliphatic rings. The van der Waals surface area contributed by atoms with Crippen molar-refractivity contribution in [3.63, 3.8) is 0 Å². The second kappa shape index (κ2) is 12.9.